The second-order valence-electron chi connectivity index (χ2n) is 12.9. The zero-order valence-electron chi connectivity index (χ0n) is 27.8. The number of carbonyl (C=O) groups is 1. The van der Waals surface area contributed by atoms with Crippen LogP contribution in [0, 0.1) is 17.7 Å². The van der Waals surface area contributed by atoms with Crippen LogP contribution >= 0.6 is 11.6 Å². The highest BCUT2D eigenvalue weighted by molar-refractivity contribution is 7.85. The van der Waals surface area contributed by atoms with Gasteiger partial charge in [0.1, 0.15) is 5.82 Å². The Kier molecular flexibility index (Phi) is 12.2. The van der Waals surface area contributed by atoms with Crippen molar-refractivity contribution in [2.75, 3.05) is 12.3 Å². The first-order chi connectivity index (χ1) is 22.7. The molecule has 1 aliphatic rings. The third-order valence-corrected chi connectivity index (χ3v) is 9.15. The standard InChI is InChI=1S/C38H42ClFN2O5S/c1-6-8-27(9-7-18-39)32-23-29(13-17-34(32)40)36-24-35(42-47-36)33(28-11-14-30(15-12-28)38(3,4)5)22-26-10-16-31(25(2)21-26)37(43)41-19-20-48(44,45)46/h6-18,21,23-25,31,33H,19-20,22H2,1-5H3,(H,41,43)(H,44,45,46)/b8-6-,18-7+,27-9+/t25?,31-,33?/m0/s1. The number of benzene rings is 2. The van der Waals surface area contributed by atoms with Gasteiger partial charge in [-0.1, -0.05) is 117 Å². The Morgan fingerprint density at radius 2 is 1.90 bits per heavy atom. The van der Waals surface area contributed by atoms with Crippen LogP contribution in [0.4, 0.5) is 4.39 Å². The van der Waals surface area contributed by atoms with Gasteiger partial charge in [0.15, 0.2) is 5.76 Å². The average Bonchev–Trinajstić information content (AvgIpc) is 3.51. The quantitative estimate of drug-likeness (QED) is 0.145. The average molecular weight is 693 g/mol. The molecule has 2 N–H and O–H groups in total. The maximum atomic E-state index is 15.0. The summed E-state index contributed by atoms with van der Waals surface area (Å²) in [6.07, 6.45) is 13.4. The summed E-state index contributed by atoms with van der Waals surface area (Å²) in [6.45, 7) is 10.1. The number of hydrogen-bond donors (Lipinski definition) is 2. The van der Waals surface area contributed by atoms with Crippen LogP contribution in [0.3, 0.4) is 0 Å². The van der Waals surface area contributed by atoms with E-state index < -0.39 is 21.8 Å². The monoisotopic (exact) mass is 692 g/mol. The molecule has 0 saturated heterocycles. The molecular weight excluding hydrogens is 651 g/mol. The van der Waals surface area contributed by atoms with E-state index in [1.807, 2.05) is 50.3 Å². The van der Waals surface area contributed by atoms with E-state index in [-0.39, 0.29) is 35.5 Å². The first-order valence-corrected chi connectivity index (χ1v) is 17.8. The van der Waals surface area contributed by atoms with Crippen molar-refractivity contribution in [3.63, 3.8) is 0 Å². The molecule has 3 atom stereocenters. The Bertz CT molecular complexity index is 1860. The molecule has 0 bridgehead atoms. The lowest BCUT2D eigenvalue weighted by Crippen LogP contribution is -2.36. The highest BCUT2D eigenvalue weighted by Gasteiger charge is 2.27. The van der Waals surface area contributed by atoms with Crippen LogP contribution in [-0.4, -0.2) is 36.3 Å². The lowest BCUT2D eigenvalue weighted by Gasteiger charge is -2.25. The lowest BCUT2D eigenvalue weighted by molar-refractivity contribution is -0.124. The predicted molar refractivity (Wildman–Crippen MR) is 191 cm³/mol. The topological polar surface area (TPSA) is 110 Å². The van der Waals surface area contributed by atoms with Crippen molar-refractivity contribution < 1.29 is 26.7 Å². The number of allylic oxidation sites excluding steroid dienone is 8. The second-order valence-corrected chi connectivity index (χ2v) is 14.8. The molecule has 7 nitrogen and oxygen atoms in total. The highest BCUT2D eigenvalue weighted by atomic mass is 35.5. The minimum Gasteiger partial charge on any atom is -0.356 e. The molecule has 0 saturated carbocycles. The summed E-state index contributed by atoms with van der Waals surface area (Å²) in [5, 5.41) is 7.09. The largest absolute Gasteiger partial charge is 0.356 e. The summed E-state index contributed by atoms with van der Waals surface area (Å²) >= 11 is 5.73. The summed E-state index contributed by atoms with van der Waals surface area (Å²) in [5.41, 5.74) is 7.03. The molecule has 1 aromatic heterocycles. The molecule has 1 heterocycles. The molecule has 0 spiro atoms. The minimum absolute atomic E-state index is 0.0176. The van der Waals surface area contributed by atoms with Crippen molar-refractivity contribution in [3.8, 4) is 11.3 Å². The smallest absolute Gasteiger partial charge is 0.266 e. The molecular formula is C38H42ClFN2O5S. The Morgan fingerprint density at radius 3 is 2.52 bits per heavy atom. The van der Waals surface area contributed by atoms with Crippen LogP contribution in [0.5, 0.6) is 0 Å². The highest BCUT2D eigenvalue weighted by Crippen LogP contribution is 2.37. The van der Waals surface area contributed by atoms with Gasteiger partial charge in [-0.3, -0.25) is 9.35 Å². The van der Waals surface area contributed by atoms with Crippen molar-refractivity contribution in [2.45, 2.75) is 52.4 Å². The number of hydrogen-bond acceptors (Lipinski definition) is 5. The molecule has 48 heavy (non-hydrogen) atoms. The summed E-state index contributed by atoms with van der Waals surface area (Å²) < 4.78 is 51.9. The number of nitrogens with one attached hydrogen (secondary N) is 1. The summed E-state index contributed by atoms with van der Waals surface area (Å²) in [5.74, 6) is -1.55. The van der Waals surface area contributed by atoms with E-state index in [0.29, 0.717) is 34.6 Å². The summed E-state index contributed by atoms with van der Waals surface area (Å²) in [4.78, 5) is 12.8. The van der Waals surface area contributed by atoms with E-state index in [2.05, 4.69) is 55.5 Å². The Morgan fingerprint density at radius 1 is 1.17 bits per heavy atom. The summed E-state index contributed by atoms with van der Waals surface area (Å²) in [7, 11) is -4.17. The molecule has 10 heteroatoms. The van der Waals surface area contributed by atoms with Crippen LogP contribution in [0.2, 0.25) is 0 Å². The minimum atomic E-state index is -4.17. The van der Waals surface area contributed by atoms with Crippen LogP contribution in [0.15, 0.2) is 107 Å². The van der Waals surface area contributed by atoms with E-state index in [1.54, 1.807) is 24.3 Å². The zero-order valence-corrected chi connectivity index (χ0v) is 29.4. The zero-order chi connectivity index (χ0) is 35.1. The van der Waals surface area contributed by atoms with E-state index in [4.69, 9.17) is 20.7 Å². The van der Waals surface area contributed by atoms with Gasteiger partial charge in [-0.15, -0.1) is 0 Å². The third kappa shape index (κ3) is 9.75. The number of rotatable bonds is 12. The Balaban J connectivity index is 1.65. The fourth-order valence-corrected chi connectivity index (χ4v) is 6.10. The van der Waals surface area contributed by atoms with E-state index in [9.17, 15) is 17.6 Å². The van der Waals surface area contributed by atoms with Gasteiger partial charge < -0.3 is 9.84 Å². The second kappa shape index (κ2) is 15.9. The van der Waals surface area contributed by atoms with E-state index in [1.165, 1.54) is 17.2 Å². The van der Waals surface area contributed by atoms with Gasteiger partial charge in [-0.05, 0) is 59.6 Å². The maximum Gasteiger partial charge on any atom is 0.266 e. The van der Waals surface area contributed by atoms with Crippen LogP contribution in [-0.2, 0) is 20.3 Å². The van der Waals surface area contributed by atoms with Gasteiger partial charge in [0.05, 0.1) is 17.4 Å². The lowest BCUT2D eigenvalue weighted by atomic mass is 9.80. The van der Waals surface area contributed by atoms with Crippen LogP contribution in [0.25, 0.3) is 16.9 Å². The van der Waals surface area contributed by atoms with Crippen molar-refractivity contribution in [1.82, 2.24) is 10.5 Å². The normalized spacial score (nSPS) is 18.0. The van der Waals surface area contributed by atoms with Crippen molar-refractivity contribution in [1.29, 1.82) is 0 Å². The van der Waals surface area contributed by atoms with Gasteiger partial charge in [0.2, 0.25) is 5.91 Å². The van der Waals surface area contributed by atoms with Crippen molar-refractivity contribution in [3.05, 3.63) is 130 Å². The molecule has 2 unspecified atom stereocenters. The number of carbonyl (C=O) groups excluding carboxylic acids is 1. The van der Waals surface area contributed by atoms with Crippen molar-refractivity contribution in [2.24, 2.45) is 11.8 Å². The van der Waals surface area contributed by atoms with Gasteiger partial charge >= 0.3 is 0 Å². The molecule has 1 amide bonds. The molecule has 254 valence electrons. The first kappa shape index (κ1) is 36.8. The molecule has 3 aromatic rings. The fraction of sp³-hybridized carbons (Fsp3) is 0.316. The van der Waals surface area contributed by atoms with Crippen molar-refractivity contribution >= 4 is 33.2 Å². The first-order valence-electron chi connectivity index (χ1n) is 15.8. The van der Waals surface area contributed by atoms with E-state index in [0.717, 1.165) is 11.1 Å². The number of amides is 1. The van der Waals surface area contributed by atoms with E-state index >= 15 is 0 Å². The van der Waals surface area contributed by atoms with Gasteiger partial charge in [0, 0.05) is 35.2 Å². The molecule has 0 fully saturated rings. The molecule has 0 radical (unpaired) electrons. The van der Waals surface area contributed by atoms with Crippen LogP contribution in [0.1, 0.15) is 69.3 Å². The van der Waals surface area contributed by atoms with Gasteiger partial charge in [-0.2, -0.15) is 8.42 Å². The molecule has 4 rings (SSSR count). The number of halogens is 2. The Labute approximate surface area is 287 Å². The number of aromatic nitrogens is 1. The van der Waals surface area contributed by atoms with Gasteiger partial charge in [-0.25, -0.2) is 4.39 Å². The summed E-state index contributed by atoms with van der Waals surface area (Å²) in [6, 6.07) is 15.2. The fourth-order valence-electron chi connectivity index (χ4n) is 5.67. The Hall–Kier alpha value is -4.05. The van der Waals surface area contributed by atoms with Gasteiger partial charge in [0.25, 0.3) is 10.1 Å². The SMILES string of the molecule is C\C=C/C(=C\C=C\Cl)c1cc(-c2cc(C(CC3=CC(C)[C@@H](C(=O)NCCS(=O)(=O)O)C=C3)c3ccc(C(C)(C)C)cc3)no2)ccc1F. The molecule has 2 aromatic carbocycles. The third-order valence-electron chi connectivity index (χ3n) is 8.28. The maximum absolute atomic E-state index is 15.0. The molecule has 0 aliphatic heterocycles. The van der Waals surface area contributed by atoms with Crippen LogP contribution < -0.4 is 5.32 Å². The number of nitrogens with zero attached hydrogens (tertiary/aromatic N) is 1. The predicted octanol–water partition coefficient (Wildman–Crippen LogP) is 8.76. The molecule has 1 aliphatic carbocycles.